The largest absolute Gasteiger partial charge is 0.372 e. The highest BCUT2D eigenvalue weighted by molar-refractivity contribution is 5.79. The summed E-state index contributed by atoms with van der Waals surface area (Å²) < 4.78 is 11.2. The topological polar surface area (TPSA) is 71.7 Å². The SMILES string of the molecule is CCNC(=NCc1cccc(COCc2ccccc2)c1)NCc1cc(C(C)C)no1. The first-order chi connectivity index (χ1) is 15.1. The van der Waals surface area contributed by atoms with Crippen molar-refractivity contribution in [2.45, 2.75) is 53.0 Å². The quantitative estimate of drug-likeness (QED) is 0.365. The normalized spacial score (nSPS) is 11.7. The van der Waals surface area contributed by atoms with E-state index < -0.39 is 0 Å². The Balaban J connectivity index is 1.52. The summed E-state index contributed by atoms with van der Waals surface area (Å²) in [6.45, 7) is 9.34. The Hall–Kier alpha value is -3.12. The Bertz CT molecular complexity index is 951. The number of hydrogen-bond acceptors (Lipinski definition) is 4. The molecule has 0 saturated carbocycles. The molecule has 2 N–H and O–H groups in total. The molecule has 1 heterocycles. The van der Waals surface area contributed by atoms with Crippen LogP contribution in [0.15, 0.2) is 70.2 Å². The number of guanidine groups is 1. The average molecular weight is 421 g/mol. The van der Waals surface area contributed by atoms with Gasteiger partial charge < -0.3 is 19.9 Å². The predicted octanol–water partition coefficient (Wildman–Crippen LogP) is 4.77. The van der Waals surface area contributed by atoms with E-state index in [1.807, 2.05) is 37.3 Å². The summed E-state index contributed by atoms with van der Waals surface area (Å²) in [6.07, 6.45) is 0. The molecule has 0 amide bonds. The van der Waals surface area contributed by atoms with E-state index >= 15 is 0 Å². The molecular formula is C25H32N4O2. The van der Waals surface area contributed by atoms with Gasteiger partial charge in [0.15, 0.2) is 11.7 Å². The second-order valence-electron chi connectivity index (χ2n) is 7.72. The molecular weight excluding hydrogens is 388 g/mol. The summed E-state index contributed by atoms with van der Waals surface area (Å²) in [4.78, 5) is 4.70. The van der Waals surface area contributed by atoms with E-state index in [1.54, 1.807) is 0 Å². The second kappa shape index (κ2) is 11.9. The van der Waals surface area contributed by atoms with Crippen molar-refractivity contribution in [3.8, 4) is 0 Å². The lowest BCUT2D eigenvalue weighted by molar-refractivity contribution is 0.107. The molecule has 0 radical (unpaired) electrons. The Morgan fingerprint density at radius 3 is 2.45 bits per heavy atom. The third kappa shape index (κ3) is 7.57. The van der Waals surface area contributed by atoms with Crippen molar-refractivity contribution < 1.29 is 9.26 Å². The smallest absolute Gasteiger partial charge is 0.191 e. The second-order valence-corrected chi connectivity index (χ2v) is 7.72. The fourth-order valence-corrected chi connectivity index (χ4v) is 3.05. The molecule has 0 saturated heterocycles. The van der Waals surface area contributed by atoms with Gasteiger partial charge in [0.1, 0.15) is 0 Å². The van der Waals surface area contributed by atoms with Crippen molar-refractivity contribution in [1.29, 1.82) is 0 Å². The van der Waals surface area contributed by atoms with Gasteiger partial charge >= 0.3 is 0 Å². The summed E-state index contributed by atoms with van der Waals surface area (Å²) >= 11 is 0. The van der Waals surface area contributed by atoms with E-state index in [0.717, 1.165) is 35.1 Å². The fraction of sp³-hybridized carbons (Fsp3) is 0.360. The molecule has 0 fully saturated rings. The summed E-state index contributed by atoms with van der Waals surface area (Å²) in [5.41, 5.74) is 4.42. The number of nitrogens with one attached hydrogen (secondary N) is 2. The van der Waals surface area contributed by atoms with Crippen LogP contribution in [0.25, 0.3) is 0 Å². The van der Waals surface area contributed by atoms with Gasteiger partial charge in [-0.15, -0.1) is 0 Å². The van der Waals surface area contributed by atoms with E-state index in [2.05, 4.69) is 60.0 Å². The van der Waals surface area contributed by atoms with Crippen LogP contribution in [0.2, 0.25) is 0 Å². The Labute approximate surface area is 184 Å². The molecule has 3 aromatic rings. The summed E-state index contributed by atoms with van der Waals surface area (Å²) in [7, 11) is 0. The Morgan fingerprint density at radius 2 is 1.71 bits per heavy atom. The standard InChI is InChI=1S/C25H32N4O2/c1-4-26-25(28-16-23-14-24(19(2)3)29-31-23)27-15-21-11-8-12-22(13-21)18-30-17-20-9-6-5-7-10-20/h5-14,19H,4,15-18H2,1-3H3,(H2,26,27,28). The van der Waals surface area contributed by atoms with Gasteiger partial charge in [-0.3, -0.25) is 0 Å². The molecule has 6 heteroatoms. The molecule has 0 unspecified atom stereocenters. The number of aromatic nitrogens is 1. The van der Waals surface area contributed by atoms with E-state index in [9.17, 15) is 0 Å². The molecule has 0 bridgehead atoms. The van der Waals surface area contributed by atoms with Gasteiger partial charge in [0, 0.05) is 12.6 Å². The number of benzene rings is 2. The third-order valence-corrected chi connectivity index (χ3v) is 4.73. The van der Waals surface area contributed by atoms with Crippen LogP contribution in [0.4, 0.5) is 0 Å². The van der Waals surface area contributed by atoms with Crippen LogP contribution in [0.1, 0.15) is 54.8 Å². The van der Waals surface area contributed by atoms with Gasteiger partial charge in [-0.1, -0.05) is 73.6 Å². The van der Waals surface area contributed by atoms with Crippen LogP contribution >= 0.6 is 0 Å². The number of nitrogens with zero attached hydrogens (tertiary/aromatic N) is 2. The first-order valence-corrected chi connectivity index (χ1v) is 10.8. The van der Waals surface area contributed by atoms with Crippen LogP contribution < -0.4 is 10.6 Å². The highest BCUT2D eigenvalue weighted by Crippen LogP contribution is 2.14. The molecule has 2 aromatic carbocycles. The zero-order valence-corrected chi connectivity index (χ0v) is 18.6. The molecule has 0 spiro atoms. The molecule has 3 rings (SSSR count). The van der Waals surface area contributed by atoms with E-state index in [-0.39, 0.29) is 0 Å². The molecule has 1 aromatic heterocycles. The number of ether oxygens (including phenoxy) is 1. The summed E-state index contributed by atoms with van der Waals surface area (Å²) in [6, 6.07) is 20.6. The van der Waals surface area contributed by atoms with E-state index in [1.165, 1.54) is 5.56 Å². The maximum atomic E-state index is 5.85. The van der Waals surface area contributed by atoms with Crippen molar-refractivity contribution >= 4 is 5.96 Å². The number of hydrogen-bond donors (Lipinski definition) is 2. The summed E-state index contributed by atoms with van der Waals surface area (Å²) in [5, 5.41) is 10.7. The van der Waals surface area contributed by atoms with Crippen LogP contribution in [0.3, 0.4) is 0 Å². The lowest BCUT2D eigenvalue weighted by atomic mass is 10.1. The summed E-state index contributed by atoms with van der Waals surface area (Å²) in [5.74, 6) is 1.89. The van der Waals surface area contributed by atoms with Crippen LogP contribution in [0, 0.1) is 0 Å². The zero-order chi connectivity index (χ0) is 21.9. The van der Waals surface area contributed by atoms with Crippen molar-refractivity contribution in [3.63, 3.8) is 0 Å². The van der Waals surface area contributed by atoms with Crippen LogP contribution in [-0.2, 0) is 31.0 Å². The van der Waals surface area contributed by atoms with Gasteiger partial charge in [-0.2, -0.15) is 0 Å². The fourth-order valence-electron chi connectivity index (χ4n) is 3.05. The van der Waals surface area contributed by atoms with Crippen molar-refractivity contribution in [1.82, 2.24) is 15.8 Å². The van der Waals surface area contributed by atoms with Crippen LogP contribution in [-0.4, -0.2) is 17.7 Å². The molecule has 0 aliphatic rings. The van der Waals surface area contributed by atoms with Crippen LogP contribution in [0.5, 0.6) is 0 Å². The maximum Gasteiger partial charge on any atom is 0.191 e. The highest BCUT2D eigenvalue weighted by Gasteiger charge is 2.08. The highest BCUT2D eigenvalue weighted by atomic mass is 16.5. The minimum atomic E-state index is 0.350. The average Bonchev–Trinajstić information content (AvgIpc) is 3.26. The lowest BCUT2D eigenvalue weighted by Crippen LogP contribution is -2.36. The van der Waals surface area contributed by atoms with Gasteiger partial charge in [-0.25, -0.2) is 4.99 Å². The number of rotatable bonds is 10. The minimum absolute atomic E-state index is 0.350. The van der Waals surface area contributed by atoms with Crippen molar-refractivity contribution in [2.75, 3.05) is 6.54 Å². The van der Waals surface area contributed by atoms with E-state index in [4.69, 9.17) is 14.3 Å². The first-order valence-electron chi connectivity index (χ1n) is 10.8. The Kier molecular flexibility index (Phi) is 8.67. The lowest BCUT2D eigenvalue weighted by Gasteiger charge is -2.10. The van der Waals surface area contributed by atoms with Gasteiger partial charge in [0.05, 0.1) is 32.0 Å². The van der Waals surface area contributed by atoms with Crippen molar-refractivity contribution in [2.24, 2.45) is 4.99 Å². The zero-order valence-electron chi connectivity index (χ0n) is 18.6. The molecule has 6 nitrogen and oxygen atoms in total. The number of aliphatic imine (C=N–C) groups is 1. The molecule has 164 valence electrons. The Morgan fingerprint density at radius 1 is 0.968 bits per heavy atom. The minimum Gasteiger partial charge on any atom is -0.372 e. The van der Waals surface area contributed by atoms with Gasteiger partial charge in [-0.05, 0) is 29.5 Å². The first kappa shape index (κ1) is 22.6. The van der Waals surface area contributed by atoms with Gasteiger partial charge in [0.25, 0.3) is 0 Å². The van der Waals surface area contributed by atoms with Gasteiger partial charge in [0.2, 0.25) is 0 Å². The monoisotopic (exact) mass is 420 g/mol. The predicted molar refractivity (Wildman–Crippen MR) is 124 cm³/mol. The molecule has 0 aliphatic heterocycles. The third-order valence-electron chi connectivity index (χ3n) is 4.73. The van der Waals surface area contributed by atoms with E-state index in [0.29, 0.717) is 32.2 Å². The molecule has 31 heavy (non-hydrogen) atoms. The molecule has 0 aliphatic carbocycles. The maximum absolute atomic E-state index is 5.85. The molecule has 0 atom stereocenters. The van der Waals surface area contributed by atoms with Crippen molar-refractivity contribution in [3.05, 3.63) is 88.8 Å².